The normalized spacial score (nSPS) is 19.2. The van der Waals surface area contributed by atoms with Crippen molar-refractivity contribution in [3.63, 3.8) is 0 Å². The monoisotopic (exact) mass is 475 g/mol. The van der Waals surface area contributed by atoms with Crippen LogP contribution >= 0.6 is 0 Å². The van der Waals surface area contributed by atoms with Crippen LogP contribution in [0.4, 0.5) is 0 Å². The van der Waals surface area contributed by atoms with E-state index in [1.54, 1.807) is 0 Å². The Bertz CT molecular complexity index is 1660. The van der Waals surface area contributed by atoms with Gasteiger partial charge in [0.05, 0.1) is 16.7 Å². The van der Waals surface area contributed by atoms with Gasteiger partial charge in [-0.3, -0.25) is 0 Å². The van der Waals surface area contributed by atoms with Crippen LogP contribution in [0, 0.1) is 0 Å². The van der Waals surface area contributed by atoms with E-state index in [1.165, 1.54) is 16.7 Å². The number of benzene rings is 3. The molecule has 1 saturated heterocycles. The van der Waals surface area contributed by atoms with E-state index < -0.39 is 7.12 Å². The summed E-state index contributed by atoms with van der Waals surface area (Å²) < 4.78 is 21.9. The number of nitrogens with zero attached hydrogens (tertiary/aromatic N) is 1. The highest BCUT2D eigenvalue weighted by Crippen LogP contribution is 2.54. The Hall–Kier alpha value is -3.28. The van der Waals surface area contributed by atoms with Crippen molar-refractivity contribution in [3.05, 3.63) is 84.1 Å². The standard InChI is InChI=1S/C31H30BNO3/c1-29(2)23-17-16-19(32-35-30(3,4)31(5,6)36-32)18-22(23)25-26-27(34-28(25)29)21-14-10-11-15-24(21)33(26)20-12-8-7-9-13-20/h7-18H,1-6H3. The molecule has 5 aromatic rings. The van der Waals surface area contributed by atoms with Gasteiger partial charge in [-0.05, 0) is 82.4 Å². The van der Waals surface area contributed by atoms with Gasteiger partial charge in [-0.2, -0.15) is 0 Å². The van der Waals surface area contributed by atoms with Crippen molar-refractivity contribution in [1.82, 2.24) is 4.57 Å². The largest absolute Gasteiger partial charge is 0.494 e. The average Bonchev–Trinajstić information content (AvgIpc) is 3.50. The van der Waals surface area contributed by atoms with Crippen LogP contribution < -0.4 is 5.46 Å². The molecule has 180 valence electrons. The van der Waals surface area contributed by atoms with Crippen LogP contribution in [-0.2, 0) is 14.7 Å². The first kappa shape index (κ1) is 22.0. The molecule has 7 rings (SSSR count). The predicted octanol–water partition coefficient (Wildman–Crippen LogP) is 6.98. The summed E-state index contributed by atoms with van der Waals surface area (Å²) in [7, 11) is -0.408. The lowest BCUT2D eigenvalue weighted by Gasteiger charge is -2.32. The zero-order valence-electron chi connectivity index (χ0n) is 21.7. The topological polar surface area (TPSA) is 36.5 Å². The smallest absolute Gasteiger partial charge is 0.457 e. The third kappa shape index (κ3) is 2.73. The summed E-state index contributed by atoms with van der Waals surface area (Å²) >= 11 is 0. The molecule has 1 aliphatic heterocycles. The molecule has 0 unspecified atom stereocenters. The second kappa shape index (κ2) is 6.93. The average molecular weight is 475 g/mol. The third-order valence-corrected chi connectivity index (χ3v) is 8.59. The van der Waals surface area contributed by atoms with E-state index in [0.29, 0.717) is 0 Å². The van der Waals surface area contributed by atoms with E-state index in [1.807, 2.05) is 0 Å². The summed E-state index contributed by atoms with van der Waals surface area (Å²) in [6.45, 7) is 12.9. The fraction of sp³-hybridized carbons (Fsp3) is 0.290. The van der Waals surface area contributed by atoms with Crippen LogP contribution in [0.3, 0.4) is 0 Å². The zero-order valence-corrected chi connectivity index (χ0v) is 21.7. The first-order valence-electron chi connectivity index (χ1n) is 12.7. The molecule has 0 amide bonds. The molecular formula is C31H30BNO3. The van der Waals surface area contributed by atoms with Crippen LogP contribution in [0.25, 0.3) is 38.8 Å². The highest BCUT2D eigenvalue weighted by Gasteiger charge is 2.52. The fourth-order valence-electron chi connectivity index (χ4n) is 5.90. The van der Waals surface area contributed by atoms with Crippen molar-refractivity contribution in [2.45, 2.75) is 58.2 Å². The first-order valence-corrected chi connectivity index (χ1v) is 12.7. The Morgan fingerprint density at radius 2 is 1.42 bits per heavy atom. The van der Waals surface area contributed by atoms with Crippen molar-refractivity contribution in [3.8, 4) is 16.8 Å². The van der Waals surface area contributed by atoms with Gasteiger partial charge >= 0.3 is 7.12 Å². The van der Waals surface area contributed by atoms with Gasteiger partial charge in [-0.15, -0.1) is 0 Å². The Morgan fingerprint density at radius 1 is 0.750 bits per heavy atom. The highest BCUT2D eigenvalue weighted by atomic mass is 16.7. The fourth-order valence-corrected chi connectivity index (χ4v) is 5.90. The molecule has 0 N–H and O–H groups in total. The van der Waals surface area contributed by atoms with Crippen LogP contribution in [-0.4, -0.2) is 22.9 Å². The summed E-state index contributed by atoms with van der Waals surface area (Å²) in [5, 5.41) is 1.13. The first-order chi connectivity index (χ1) is 17.1. The molecular weight excluding hydrogens is 445 g/mol. The molecule has 36 heavy (non-hydrogen) atoms. The quantitative estimate of drug-likeness (QED) is 0.259. The Morgan fingerprint density at radius 3 is 2.14 bits per heavy atom. The van der Waals surface area contributed by atoms with E-state index in [9.17, 15) is 0 Å². The summed E-state index contributed by atoms with van der Waals surface area (Å²) in [5.41, 5.74) is 7.98. The van der Waals surface area contributed by atoms with Crippen LogP contribution in [0.15, 0.2) is 77.2 Å². The number of fused-ring (bicyclic) bond motifs is 7. The molecule has 5 heteroatoms. The van der Waals surface area contributed by atoms with Gasteiger partial charge in [-0.1, -0.05) is 48.5 Å². The van der Waals surface area contributed by atoms with Crippen molar-refractivity contribution < 1.29 is 13.7 Å². The van der Waals surface area contributed by atoms with Gasteiger partial charge in [0, 0.05) is 22.1 Å². The van der Waals surface area contributed by atoms with Crippen molar-refractivity contribution in [2.24, 2.45) is 0 Å². The van der Waals surface area contributed by atoms with Gasteiger partial charge in [0.25, 0.3) is 0 Å². The summed E-state index contributed by atoms with van der Waals surface area (Å²) in [6, 6.07) is 25.7. The Kier molecular flexibility index (Phi) is 4.23. The summed E-state index contributed by atoms with van der Waals surface area (Å²) in [4.78, 5) is 0. The van der Waals surface area contributed by atoms with Gasteiger partial charge in [0.15, 0.2) is 5.58 Å². The SMILES string of the molecule is CC1(C)c2ccc(B3OC(C)(C)C(C)(C)O3)cc2-c2c1oc1c3ccccc3n(-c3ccccc3)c21. The van der Waals surface area contributed by atoms with Gasteiger partial charge in [-0.25, -0.2) is 0 Å². The van der Waals surface area contributed by atoms with Crippen molar-refractivity contribution in [2.75, 3.05) is 0 Å². The predicted molar refractivity (Wildman–Crippen MR) is 146 cm³/mol. The minimum absolute atomic E-state index is 0.249. The minimum Gasteiger partial charge on any atom is -0.457 e. The van der Waals surface area contributed by atoms with E-state index in [0.717, 1.165) is 38.9 Å². The van der Waals surface area contributed by atoms with Crippen LogP contribution in [0.5, 0.6) is 0 Å². The Balaban J connectivity index is 1.51. The number of hydrogen-bond donors (Lipinski definition) is 0. The molecule has 4 nitrogen and oxygen atoms in total. The highest BCUT2D eigenvalue weighted by molar-refractivity contribution is 6.62. The molecule has 3 heterocycles. The van der Waals surface area contributed by atoms with E-state index >= 15 is 0 Å². The van der Waals surface area contributed by atoms with Crippen LogP contribution in [0.1, 0.15) is 52.9 Å². The zero-order chi connectivity index (χ0) is 25.0. The maximum Gasteiger partial charge on any atom is 0.494 e. The third-order valence-electron chi connectivity index (χ3n) is 8.59. The number of hydrogen-bond acceptors (Lipinski definition) is 3. The molecule has 1 aliphatic carbocycles. The van der Waals surface area contributed by atoms with Gasteiger partial charge < -0.3 is 18.3 Å². The van der Waals surface area contributed by atoms with Crippen molar-refractivity contribution in [1.29, 1.82) is 0 Å². The molecule has 0 saturated carbocycles. The lowest BCUT2D eigenvalue weighted by Crippen LogP contribution is -2.41. The molecule has 2 aromatic heterocycles. The lowest BCUT2D eigenvalue weighted by molar-refractivity contribution is 0.00578. The summed E-state index contributed by atoms with van der Waals surface area (Å²) in [5.74, 6) is 1.02. The van der Waals surface area contributed by atoms with E-state index in [4.69, 9.17) is 13.7 Å². The van der Waals surface area contributed by atoms with E-state index in [2.05, 4.69) is 119 Å². The summed E-state index contributed by atoms with van der Waals surface area (Å²) in [6.07, 6.45) is 0. The number of rotatable bonds is 2. The maximum atomic E-state index is 6.77. The van der Waals surface area contributed by atoms with Crippen LogP contribution in [0.2, 0.25) is 0 Å². The number of furan rings is 1. The van der Waals surface area contributed by atoms with Crippen molar-refractivity contribution >= 4 is 34.6 Å². The molecule has 0 spiro atoms. The minimum atomic E-state index is -0.408. The van der Waals surface area contributed by atoms with E-state index in [-0.39, 0.29) is 16.6 Å². The second-order valence-electron chi connectivity index (χ2n) is 11.7. The lowest BCUT2D eigenvalue weighted by atomic mass is 9.76. The molecule has 3 aromatic carbocycles. The maximum absolute atomic E-state index is 6.77. The second-order valence-corrected chi connectivity index (χ2v) is 11.7. The molecule has 1 fully saturated rings. The van der Waals surface area contributed by atoms with Gasteiger partial charge in [0.2, 0.25) is 0 Å². The molecule has 0 radical (unpaired) electrons. The molecule has 0 bridgehead atoms. The molecule has 2 aliphatic rings. The van der Waals surface area contributed by atoms with Gasteiger partial charge in [0.1, 0.15) is 11.3 Å². The number of aromatic nitrogens is 1. The number of para-hydroxylation sites is 2. The Labute approximate surface area is 212 Å². The molecule has 0 atom stereocenters.